The van der Waals surface area contributed by atoms with E-state index in [4.69, 9.17) is 4.42 Å². The number of aryl methyl sites for hydroxylation is 2. The summed E-state index contributed by atoms with van der Waals surface area (Å²) < 4.78 is 6.52. The van der Waals surface area contributed by atoms with Crippen molar-refractivity contribution in [3.8, 4) is 10.8 Å². The van der Waals surface area contributed by atoms with Gasteiger partial charge < -0.3 is 9.73 Å². The average molecular weight is 391 g/mol. The summed E-state index contributed by atoms with van der Waals surface area (Å²) >= 11 is 5.02. The van der Waals surface area contributed by atoms with Gasteiger partial charge in [0.05, 0.1) is 22.7 Å². The van der Waals surface area contributed by atoms with Crippen LogP contribution >= 0.6 is 27.3 Å². The molecule has 0 unspecified atom stereocenters. The van der Waals surface area contributed by atoms with Crippen molar-refractivity contribution in [2.75, 3.05) is 5.32 Å². The highest BCUT2D eigenvalue weighted by atomic mass is 79.9. The van der Waals surface area contributed by atoms with Gasteiger partial charge in [0.1, 0.15) is 5.76 Å². The SMILES string of the molecule is Cc1ccc(NC(=O)Cc2nc(-c3cccs3)oc2C)c(Br)c1. The predicted molar refractivity (Wildman–Crippen MR) is 95.8 cm³/mol. The maximum atomic E-state index is 12.3. The van der Waals surface area contributed by atoms with Crippen LogP contribution in [0.2, 0.25) is 0 Å². The summed E-state index contributed by atoms with van der Waals surface area (Å²) in [6, 6.07) is 9.69. The average Bonchev–Trinajstić information content (AvgIpc) is 3.13. The first-order valence-electron chi connectivity index (χ1n) is 7.09. The molecule has 2 aromatic heterocycles. The molecule has 118 valence electrons. The number of oxazole rings is 1. The number of anilines is 1. The van der Waals surface area contributed by atoms with E-state index < -0.39 is 0 Å². The quantitative estimate of drug-likeness (QED) is 0.684. The molecule has 1 aromatic carbocycles. The lowest BCUT2D eigenvalue weighted by Crippen LogP contribution is -2.15. The molecule has 3 rings (SSSR count). The molecule has 6 heteroatoms. The molecule has 0 aliphatic rings. The zero-order valence-electron chi connectivity index (χ0n) is 12.7. The Morgan fingerprint density at radius 3 is 2.87 bits per heavy atom. The van der Waals surface area contributed by atoms with Gasteiger partial charge in [0, 0.05) is 4.47 Å². The van der Waals surface area contributed by atoms with Gasteiger partial charge in [-0.1, -0.05) is 12.1 Å². The smallest absolute Gasteiger partial charge is 0.236 e. The standard InChI is InChI=1S/C17H15BrN2O2S/c1-10-5-6-13(12(18)8-10)19-16(21)9-14-11(2)22-17(20-14)15-4-3-7-23-15/h3-8H,9H2,1-2H3,(H,19,21). The third-order valence-electron chi connectivity index (χ3n) is 3.35. The second-order valence-electron chi connectivity index (χ2n) is 5.21. The summed E-state index contributed by atoms with van der Waals surface area (Å²) in [6.45, 7) is 3.83. The molecule has 0 fully saturated rings. The summed E-state index contributed by atoms with van der Waals surface area (Å²) in [4.78, 5) is 17.7. The molecular formula is C17H15BrN2O2S. The lowest BCUT2D eigenvalue weighted by atomic mass is 10.2. The van der Waals surface area contributed by atoms with Crippen LogP contribution in [0.25, 0.3) is 10.8 Å². The van der Waals surface area contributed by atoms with Crippen LogP contribution in [0.1, 0.15) is 17.0 Å². The molecular weight excluding hydrogens is 376 g/mol. The molecule has 0 spiro atoms. The number of rotatable bonds is 4. The first-order chi connectivity index (χ1) is 11.0. The number of nitrogens with one attached hydrogen (secondary N) is 1. The van der Waals surface area contributed by atoms with Gasteiger partial charge in [-0.3, -0.25) is 4.79 Å². The fourth-order valence-electron chi connectivity index (χ4n) is 2.17. The number of halogens is 1. The Hall–Kier alpha value is -1.92. The van der Waals surface area contributed by atoms with E-state index in [2.05, 4.69) is 26.2 Å². The topological polar surface area (TPSA) is 55.1 Å². The van der Waals surface area contributed by atoms with Crippen molar-refractivity contribution in [3.63, 3.8) is 0 Å². The van der Waals surface area contributed by atoms with Crippen molar-refractivity contribution < 1.29 is 9.21 Å². The van der Waals surface area contributed by atoms with Crippen LogP contribution in [0.3, 0.4) is 0 Å². The van der Waals surface area contributed by atoms with Crippen LogP contribution < -0.4 is 5.32 Å². The second kappa shape index (κ2) is 6.68. The van der Waals surface area contributed by atoms with Crippen LogP contribution in [0, 0.1) is 13.8 Å². The first kappa shape index (κ1) is 16.0. The van der Waals surface area contributed by atoms with E-state index in [1.807, 2.05) is 49.6 Å². The first-order valence-corrected chi connectivity index (χ1v) is 8.76. The fourth-order valence-corrected chi connectivity index (χ4v) is 3.41. The van der Waals surface area contributed by atoms with Crippen molar-refractivity contribution in [1.82, 2.24) is 4.98 Å². The van der Waals surface area contributed by atoms with Gasteiger partial charge in [0.25, 0.3) is 0 Å². The minimum Gasteiger partial charge on any atom is -0.440 e. The molecule has 0 bridgehead atoms. The highest BCUT2D eigenvalue weighted by Crippen LogP contribution is 2.27. The molecule has 0 atom stereocenters. The van der Waals surface area contributed by atoms with E-state index in [1.165, 1.54) is 0 Å². The molecule has 0 aliphatic heterocycles. The zero-order valence-corrected chi connectivity index (χ0v) is 15.1. The normalized spacial score (nSPS) is 10.7. The van der Waals surface area contributed by atoms with E-state index in [0.29, 0.717) is 17.3 Å². The Balaban J connectivity index is 1.73. The minimum absolute atomic E-state index is 0.122. The summed E-state index contributed by atoms with van der Waals surface area (Å²) in [5, 5.41) is 4.86. The van der Waals surface area contributed by atoms with Crippen molar-refractivity contribution >= 4 is 38.9 Å². The molecule has 0 radical (unpaired) electrons. The molecule has 2 heterocycles. The van der Waals surface area contributed by atoms with Crippen molar-refractivity contribution in [1.29, 1.82) is 0 Å². The van der Waals surface area contributed by atoms with E-state index in [1.54, 1.807) is 11.3 Å². The highest BCUT2D eigenvalue weighted by Gasteiger charge is 2.16. The third-order valence-corrected chi connectivity index (χ3v) is 4.87. The Morgan fingerprint density at radius 2 is 2.17 bits per heavy atom. The Morgan fingerprint density at radius 1 is 1.35 bits per heavy atom. The summed E-state index contributed by atoms with van der Waals surface area (Å²) in [5.41, 5.74) is 2.54. The lowest BCUT2D eigenvalue weighted by Gasteiger charge is -2.07. The van der Waals surface area contributed by atoms with Crippen LogP contribution in [0.15, 0.2) is 44.6 Å². The third kappa shape index (κ3) is 3.71. The van der Waals surface area contributed by atoms with Gasteiger partial charge in [0.2, 0.25) is 11.8 Å². The number of nitrogens with zero attached hydrogens (tertiary/aromatic N) is 1. The minimum atomic E-state index is -0.122. The second-order valence-corrected chi connectivity index (χ2v) is 7.01. The van der Waals surface area contributed by atoms with E-state index in [9.17, 15) is 4.79 Å². The number of carbonyl (C=O) groups excluding carboxylic acids is 1. The molecule has 23 heavy (non-hydrogen) atoms. The van der Waals surface area contributed by atoms with Gasteiger partial charge in [-0.25, -0.2) is 4.98 Å². The maximum Gasteiger partial charge on any atom is 0.236 e. The van der Waals surface area contributed by atoms with Crippen LogP contribution in [-0.4, -0.2) is 10.9 Å². The zero-order chi connectivity index (χ0) is 16.4. The van der Waals surface area contributed by atoms with Gasteiger partial charge >= 0.3 is 0 Å². The number of thiophene rings is 1. The molecule has 0 saturated heterocycles. The number of carbonyl (C=O) groups is 1. The summed E-state index contributed by atoms with van der Waals surface area (Å²) in [5.74, 6) is 1.12. The van der Waals surface area contributed by atoms with Crippen LogP contribution in [0.5, 0.6) is 0 Å². The monoisotopic (exact) mass is 390 g/mol. The summed E-state index contributed by atoms with van der Waals surface area (Å²) in [6.07, 6.45) is 0.182. The lowest BCUT2D eigenvalue weighted by molar-refractivity contribution is -0.115. The Labute approximate surface area is 146 Å². The molecule has 1 N–H and O–H groups in total. The predicted octanol–water partition coefficient (Wildman–Crippen LogP) is 4.96. The van der Waals surface area contributed by atoms with Gasteiger partial charge in [-0.2, -0.15) is 0 Å². The molecule has 0 saturated carbocycles. The van der Waals surface area contributed by atoms with Gasteiger partial charge in [0.15, 0.2) is 0 Å². The highest BCUT2D eigenvalue weighted by molar-refractivity contribution is 9.10. The Kier molecular flexibility index (Phi) is 4.63. The van der Waals surface area contributed by atoms with Gasteiger partial charge in [-0.15, -0.1) is 11.3 Å². The van der Waals surface area contributed by atoms with E-state index in [0.717, 1.165) is 20.6 Å². The number of benzene rings is 1. The molecule has 1 amide bonds. The molecule has 3 aromatic rings. The van der Waals surface area contributed by atoms with Crippen molar-refractivity contribution in [3.05, 3.63) is 57.2 Å². The molecule has 4 nitrogen and oxygen atoms in total. The van der Waals surface area contributed by atoms with Crippen LogP contribution in [0.4, 0.5) is 5.69 Å². The number of hydrogen-bond acceptors (Lipinski definition) is 4. The largest absolute Gasteiger partial charge is 0.440 e. The maximum absolute atomic E-state index is 12.3. The van der Waals surface area contributed by atoms with E-state index in [-0.39, 0.29) is 12.3 Å². The van der Waals surface area contributed by atoms with Crippen LogP contribution in [-0.2, 0) is 11.2 Å². The summed E-state index contributed by atoms with van der Waals surface area (Å²) in [7, 11) is 0. The number of hydrogen-bond donors (Lipinski definition) is 1. The van der Waals surface area contributed by atoms with E-state index >= 15 is 0 Å². The van der Waals surface area contributed by atoms with Crippen molar-refractivity contribution in [2.45, 2.75) is 20.3 Å². The number of aromatic nitrogens is 1. The Bertz CT molecular complexity index is 840. The number of amides is 1. The van der Waals surface area contributed by atoms with Crippen molar-refractivity contribution in [2.24, 2.45) is 0 Å². The fraction of sp³-hybridized carbons (Fsp3) is 0.176. The van der Waals surface area contributed by atoms with Gasteiger partial charge in [-0.05, 0) is 58.9 Å². The molecule has 0 aliphatic carbocycles.